The van der Waals surface area contributed by atoms with Gasteiger partial charge < -0.3 is 28.8 Å². The Bertz CT molecular complexity index is 1760. The number of carbonyl (C=O) groups excluding carboxylic acids is 3. The Morgan fingerprint density at radius 1 is 0.935 bits per heavy atom. The number of carbonyl (C=O) groups is 3. The largest absolute Gasteiger partial charge is 0.497 e. The van der Waals surface area contributed by atoms with E-state index in [9.17, 15) is 14.4 Å². The van der Waals surface area contributed by atoms with Crippen LogP contribution in [-0.4, -0.2) is 56.5 Å². The normalized spacial score (nSPS) is 15.0. The SMILES string of the molecule is COC(=O)Nc1ccc(C[C@H](NC(=O)c2ccc3c(C4CCCCC4)c4n(c3c2)CCOc2cc(OC)ccc2-4)C(=O)OC)cc1. The number of anilines is 1. The van der Waals surface area contributed by atoms with Crippen molar-refractivity contribution in [2.24, 2.45) is 0 Å². The zero-order valence-electron chi connectivity index (χ0n) is 26.4. The quantitative estimate of drug-likeness (QED) is 0.216. The lowest BCUT2D eigenvalue weighted by Gasteiger charge is -2.23. The summed E-state index contributed by atoms with van der Waals surface area (Å²) in [6, 6.07) is 17.9. The summed E-state index contributed by atoms with van der Waals surface area (Å²) in [6.07, 6.45) is 5.53. The minimum absolute atomic E-state index is 0.211. The van der Waals surface area contributed by atoms with Gasteiger partial charge in [-0.25, -0.2) is 9.59 Å². The molecule has 46 heavy (non-hydrogen) atoms. The fourth-order valence-corrected chi connectivity index (χ4v) is 6.74. The van der Waals surface area contributed by atoms with Crippen molar-refractivity contribution in [2.75, 3.05) is 33.3 Å². The molecule has 1 fully saturated rings. The fraction of sp³-hybridized carbons (Fsp3) is 0.361. The van der Waals surface area contributed by atoms with Gasteiger partial charge in [0, 0.05) is 40.2 Å². The van der Waals surface area contributed by atoms with Gasteiger partial charge >= 0.3 is 12.1 Å². The second kappa shape index (κ2) is 13.6. The molecule has 0 saturated heterocycles. The molecule has 1 aliphatic heterocycles. The number of ether oxygens (including phenoxy) is 4. The zero-order valence-corrected chi connectivity index (χ0v) is 26.4. The molecule has 1 saturated carbocycles. The molecule has 10 heteroatoms. The molecular formula is C36H39N3O7. The summed E-state index contributed by atoms with van der Waals surface area (Å²) in [5.41, 5.74) is 6.25. The second-order valence-corrected chi connectivity index (χ2v) is 11.8. The van der Waals surface area contributed by atoms with Crippen molar-refractivity contribution in [1.29, 1.82) is 0 Å². The Kier molecular flexibility index (Phi) is 9.14. The van der Waals surface area contributed by atoms with Crippen LogP contribution in [0.3, 0.4) is 0 Å². The number of amides is 2. The van der Waals surface area contributed by atoms with Crippen molar-refractivity contribution >= 4 is 34.6 Å². The van der Waals surface area contributed by atoms with Crippen molar-refractivity contribution in [3.05, 3.63) is 77.4 Å². The molecule has 2 aliphatic rings. The van der Waals surface area contributed by atoms with Crippen molar-refractivity contribution < 1.29 is 33.3 Å². The lowest BCUT2D eigenvalue weighted by Crippen LogP contribution is -2.43. The van der Waals surface area contributed by atoms with Crippen molar-refractivity contribution in [3.8, 4) is 22.8 Å². The van der Waals surface area contributed by atoms with Crippen LogP contribution < -0.4 is 20.1 Å². The van der Waals surface area contributed by atoms with Crippen LogP contribution in [0.15, 0.2) is 60.7 Å². The number of hydrogen-bond acceptors (Lipinski definition) is 7. The topological polar surface area (TPSA) is 117 Å². The highest BCUT2D eigenvalue weighted by atomic mass is 16.5. The summed E-state index contributed by atoms with van der Waals surface area (Å²) in [5, 5.41) is 6.63. The molecule has 4 aromatic rings. The van der Waals surface area contributed by atoms with E-state index in [1.165, 1.54) is 39.0 Å². The van der Waals surface area contributed by atoms with Crippen LogP contribution in [0.4, 0.5) is 10.5 Å². The zero-order chi connectivity index (χ0) is 32.2. The van der Waals surface area contributed by atoms with Crippen LogP contribution in [0.25, 0.3) is 22.2 Å². The monoisotopic (exact) mass is 625 g/mol. The number of nitrogens with one attached hydrogen (secondary N) is 2. The van der Waals surface area contributed by atoms with Crippen LogP contribution in [0, 0.1) is 0 Å². The van der Waals surface area contributed by atoms with Crippen LogP contribution in [0.1, 0.15) is 59.5 Å². The van der Waals surface area contributed by atoms with E-state index in [2.05, 4.69) is 32.1 Å². The molecule has 2 amide bonds. The second-order valence-electron chi connectivity index (χ2n) is 11.8. The molecule has 2 N–H and O–H groups in total. The van der Waals surface area contributed by atoms with Crippen LogP contribution in [0.5, 0.6) is 11.5 Å². The predicted molar refractivity (Wildman–Crippen MR) is 175 cm³/mol. The highest BCUT2D eigenvalue weighted by molar-refractivity contribution is 6.02. The van der Waals surface area contributed by atoms with Gasteiger partial charge in [0.2, 0.25) is 0 Å². The molecule has 0 unspecified atom stereocenters. The molecule has 0 spiro atoms. The smallest absolute Gasteiger partial charge is 0.411 e. The lowest BCUT2D eigenvalue weighted by molar-refractivity contribution is -0.142. The summed E-state index contributed by atoms with van der Waals surface area (Å²) in [7, 11) is 4.24. The van der Waals surface area contributed by atoms with E-state index in [1.807, 2.05) is 24.3 Å². The summed E-state index contributed by atoms with van der Waals surface area (Å²) in [6.45, 7) is 1.11. The first-order valence-electron chi connectivity index (χ1n) is 15.7. The molecule has 240 valence electrons. The molecule has 6 rings (SSSR count). The van der Waals surface area contributed by atoms with Gasteiger partial charge in [0.1, 0.15) is 24.1 Å². The number of hydrogen-bond donors (Lipinski definition) is 2. The third-order valence-electron chi connectivity index (χ3n) is 9.01. The molecule has 3 aromatic carbocycles. The van der Waals surface area contributed by atoms with Gasteiger partial charge in [0.15, 0.2) is 0 Å². The van der Waals surface area contributed by atoms with E-state index in [-0.39, 0.29) is 12.3 Å². The number of nitrogens with zero attached hydrogens (tertiary/aromatic N) is 1. The molecule has 1 aromatic heterocycles. The fourth-order valence-electron chi connectivity index (χ4n) is 6.74. The van der Waals surface area contributed by atoms with Crippen molar-refractivity contribution in [3.63, 3.8) is 0 Å². The number of rotatable bonds is 8. The Morgan fingerprint density at radius 2 is 1.72 bits per heavy atom. The molecule has 1 aliphatic carbocycles. The Labute approximate surface area is 268 Å². The highest BCUT2D eigenvalue weighted by Crippen LogP contribution is 2.47. The van der Waals surface area contributed by atoms with Gasteiger partial charge in [-0.05, 0) is 66.3 Å². The van der Waals surface area contributed by atoms with Crippen LogP contribution in [0.2, 0.25) is 0 Å². The molecule has 0 bridgehead atoms. The Morgan fingerprint density at radius 3 is 2.43 bits per heavy atom. The van der Waals surface area contributed by atoms with Crippen molar-refractivity contribution in [1.82, 2.24) is 9.88 Å². The minimum atomic E-state index is -0.912. The Hall–Kier alpha value is -4.99. The maximum absolute atomic E-state index is 13.7. The van der Waals surface area contributed by atoms with Gasteiger partial charge in [-0.3, -0.25) is 10.1 Å². The summed E-state index contributed by atoms with van der Waals surface area (Å²) in [4.78, 5) is 38.0. The van der Waals surface area contributed by atoms with E-state index < -0.39 is 18.1 Å². The van der Waals surface area contributed by atoms with E-state index in [0.717, 1.165) is 52.1 Å². The van der Waals surface area contributed by atoms with Gasteiger partial charge in [-0.1, -0.05) is 37.5 Å². The first-order chi connectivity index (χ1) is 22.4. The first kappa shape index (κ1) is 31.0. The van der Waals surface area contributed by atoms with Crippen molar-refractivity contribution in [2.45, 2.75) is 57.0 Å². The van der Waals surface area contributed by atoms with E-state index in [0.29, 0.717) is 30.3 Å². The Balaban J connectivity index is 1.33. The first-order valence-corrected chi connectivity index (χ1v) is 15.7. The average molecular weight is 626 g/mol. The average Bonchev–Trinajstić information content (AvgIpc) is 3.29. The lowest BCUT2D eigenvalue weighted by atomic mass is 9.81. The predicted octanol–water partition coefficient (Wildman–Crippen LogP) is 6.45. The molecule has 0 radical (unpaired) electrons. The summed E-state index contributed by atoms with van der Waals surface area (Å²) >= 11 is 0. The molecule has 1 atom stereocenters. The number of fused-ring (bicyclic) bond motifs is 5. The third kappa shape index (κ3) is 6.24. The maximum atomic E-state index is 13.7. The number of benzene rings is 3. The highest BCUT2D eigenvalue weighted by Gasteiger charge is 2.30. The van der Waals surface area contributed by atoms with Crippen LogP contribution >= 0.6 is 0 Å². The van der Waals surface area contributed by atoms with E-state index in [4.69, 9.17) is 14.2 Å². The maximum Gasteiger partial charge on any atom is 0.411 e. The van der Waals surface area contributed by atoms with Crippen LogP contribution in [-0.2, 0) is 27.2 Å². The van der Waals surface area contributed by atoms with E-state index >= 15 is 0 Å². The van der Waals surface area contributed by atoms with Gasteiger partial charge in [0.05, 0.1) is 33.6 Å². The molecule has 10 nitrogen and oxygen atoms in total. The third-order valence-corrected chi connectivity index (χ3v) is 9.01. The van der Waals surface area contributed by atoms with Gasteiger partial charge in [-0.15, -0.1) is 0 Å². The minimum Gasteiger partial charge on any atom is -0.497 e. The van der Waals surface area contributed by atoms with E-state index in [1.54, 1.807) is 31.4 Å². The van der Waals surface area contributed by atoms with Gasteiger partial charge in [0.25, 0.3) is 5.91 Å². The summed E-state index contributed by atoms with van der Waals surface area (Å²) in [5.74, 6) is 1.04. The molecular weight excluding hydrogens is 586 g/mol. The van der Waals surface area contributed by atoms with Gasteiger partial charge in [-0.2, -0.15) is 0 Å². The standard InChI is InChI=1S/C36H39N3O7/c1-43-26-14-16-28-31(21-26)46-18-17-39-30-20-24(11-15-27(30)32(33(28)39)23-7-5-4-6-8-23)34(40)38-29(35(41)44-2)19-22-9-12-25(13-10-22)37-36(42)45-3/h9-16,20-21,23,29H,4-8,17-19H2,1-3H3,(H,37,42)(H,38,40)/t29-/m0/s1. The number of esters is 1. The molecule has 2 heterocycles. The summed E-state index contributed by atoms with van der Waals surface area (Å²) < 4.78 is 23.7. The number of aromatic nitrogens is 1. The number of methoxy groups -OCH3 is 3.